The van der Waals surface area contributed by atoms with E-state index in [1.54, 1.807) is 24.5 Å². The van der Waals surface area contributed by atoms with Crippen molar-refractivity contribution in [1.82, 2.24) is 20.6 Å². The Morgan fingerprint density at radius 1 is 0.853 bits per heavy atom. The molecule has 0 saturated carbocycles. The number of nitrogens with zero attached hydrogens (tertiary/aromatic N) is 3. The van der Waals surface area contributed by atoms with Gasteiger partial charge in [-0.15, -0.1) is 0 Å². The van der Waals surface area contributed by atoms with Crippen LogP contribution >= 0.6 is 0 Å². The largest absolute Gasteiger partial charge is 0.475 e. The maximum absolute atomic E-state index is 12.3. The summed E-state index contributed by atoms with van der Waals surface area (Å²) in [6.45, 7) is 0. The zero-order valence-corrected chi connectivity index (χ0v) is 17.6. The topological polar surface area (TPSA) is 144 Å². The zero-order chi connectivity index (χ0) is 23.7. The molecule has 3 aromatic heterocycles. The summed E-state index contributed by atoms with van der Waals surface area (Å²) in [6, 6.07) is 20.2. The Morgan fingerprint density at radius 2 is 1.47 bits per heavy atom. The minimum atomic E-state index is -1.16. The smallest absolute Gasteiger partial charge is 0.374 e. The quantitative estimate of drug-likeness (QED) is 0.207. The minimum Gasteiger partial charge on any atom is -0.475 e. The van der Waals surface area contributed by atoms with E-state index < -0.39 is 11.9 Å². The van der Waals surface area contributed by atoms with Gasteiger partial charge in [0.1, 0.15) is 5.69 Å². The molecule has 5 aromatic rings. The molecule has 1 amide bonds. The van der Waals surface area contributed by atoms with E-state index in [0.29, 0.717) is 27.9 Å². The van der Waals surface area contributed by atoms with Crippen LogP contribution < -0.4 is 11.3 Å². The van der Waals surface area contributed by atoms with E-state index in [-0.39, 0.29) is 5.76 Å². The highest BCUT2D eigenvalue weighted by atomic mass is 16.5. The van der Waals surface area contributed by atoms with Gasteiger partial charge in [-0.1, -0.05) is 53.7 Å². The Labute approximate surface area is 192 Å². The fraction of sp³-hybridized carbons (Fsp3) is 0. The number of nitrogens with one attached hydrogen (secondary N) is 1. The van der Waals surface area contributed by atoms with Gasteiger partial charge in [0.15, 0.2) is 0 Å². The van der Waals surface area contributed by atoms with E-state index >= 15 is 0 Å². The predicted molar refractivity (Wildman–Crippen MR) is 125 cm³/mol. The second kappa shape index (κ2) is 8.57. The highest BCUT2D eigenvalue weighted by Crippen LogP contribution is 2.29. The van der Waals surface area contributed by atoms with Gasteiger partial charge < -0.3 is 9.63 Å². The number of carboxylic acids is 1. The molecular weight excluding hydrogens is 434 g/mol. The number of nitrogens with two attached hydrogens (primary N) is 1. The fourth-order valence-corrected chi connectivity index (χ4v) is 3.66. The number of amides is 1. The molecule has 9 heteroatoms. The van der Waals surface area contributed by atoms with Crippen molar-refractivity contribution in [2.24, 2.45) is 5.84 Å². The van der Waals surface area contributed by atoms with Gasteiger partial charge in [-0.25, -0.2) is 15.6 Å². The van der Waals surface area contributed by atoms with Gasteiger partial charge in [-0.05, 0) is 23.3 Å². The highest BCUT2D eigenvalue weighted by Gasteiger charge is 2.14. The van der Waals surface area contributed by atoms with Crippen molar-refractivity contribution in [2.75, 3.05) is 0 Å². The second-order valence-electron chi connectivity index (χ2n) is 7.46. The van der Waals surface area contributed by atoms with Gasteiger partial charge >= 0.3 is 5.97 Å². The van der Waals surface area contributed by atoms with Crippen molar-refractivity contribution in [3.05, 3.63) is 90.4 Å². The lowest BCUT2D eigenvalue weighted by atomic mass is 9.99. The number of pyridine rings is 2. The Kier molecular flexibility index (Phi) is 5.29. The number of carbonyl (C=O) groups is 2. The van der Waals surface area contributed by atoms with Crippen LogP contribution in [0, 0.1) is 0 Å². The lowest BCUT2D eigenvalue weighted by Gasteiger charge is -2.09. The normalized spacial score (nSPS) is 10.9. The Bertz CT molecular complexity index is 1530. The lowest BCUT2D eigenvalue weighted by Crippen LogP contribution is -2.30. The van der Waals surface area contributed by atoms with Crippen LogP contribution in [0.2, 0.25) is 0 Å². The number of aromatic nitrogens is 3. The van der Waals surface area contributed by atoms with Crippen LogP contribution in [0.15, 0.2) is 83.6 Å². The summed E-state index contributed by atoms with van der Waals surface area (Å²) in [7, 11) is 0. The van der Waals surface area contributed by atoms with E-state index in [1.165, 1.54) is 6.07 Å². The molecule has 9 nitrogen and oxygen atoms in total. The average Bonchev–Trinajstić information content (AvgIpc) is 3.39. The van der Waals surface area contributed by atoms with Crippen molar-refractivity contribution in [2.45, 2.75) is 0 Å². The van der Waals surface area contributed by atoms with E-state index in [0.717, 1.165) is 22.3 Å². The summed E-state index contributed by atoms with van der Waals surface area (Å²) >= 11 is 0. The molecule has 0 spiro atoms. The molecule has 0 bridgehead atoms. The summed E-state index contributed by atoms with van der Waals surface area (Å²) in [6.07, 6.45) is 3.21. The van der Waals surface area contributed by atoms with Crippen LogP contribution in [-0.4, -0.2) is 32.1 Å². The predicted octanol–water partition coefficient (Wildman–Crippen LogP) is 3.92. The standard InChI is InChI=1S/C25H17N5O4/c26-29-24(31)18-11-21(28-20-9-10-27-13-19(18)20)16-5-1-14(2-6-16)15-3-7-17(8-4-15)22-12-23(25(32)33)34-30-22/h1-13H,26H2,(H,29,31)(H,32,33). The molecule has 34 heavy (non-hydrogen) atoms. The zero-order valence-electron chi connectivity index (χ0n) is 17.6. The molecule has 0 atom stereocenters. The Hall–Kier alpha value is -4.89. The first kappa shape index (κ1) is 21.0. The summed E-state index contributed by atoms with van der Waals surface area (Å²) in [5.74, 6) is 3.57. The Balaban J connectivity index is 1.44. The van der Waals surface area contributed by atoms with Crippen LogP contribution in [0.5, 0.6) is 0 Å². The number of carbonyl (C=O) groups excluding carboxylic acids is 1. The van der Waals surface area contributed by atoms with Crippen LogP contribution in [-0.2, 0) is 0 Å². The molecule has 0 radical (unpaired) electrons. The van der Waals surface area contributed by atoms with Crippen molar-refractivity contribution in [3.8, 4) is 33.6 Å². The monoisotopic (exact) mass is 451 g/mol. The minimum absolute atomic E-state index is 0.208. The van der Waals surface area contributed by atoms with E-state index in [9.17, 15) is 9.59 Å². The van der Waals surface area contributed by atoms with Gasteiger partial charge in [-0.2, -0.15) is 0 Å². The second-order valence-corrected chi connectivity index (χ2v) is 7.46. The first-order valence-electron chi connectivity index (χ1n) is 10.2. The molecular formula is C25H17N5O4. The third-order valence-electron chi connectivity index (χ3n) is 5.40. The number of fused-ring (bicyclic) bond motifs is 1. The Morgan fingerprint density at radius 3 is 2.06 bits per heavy atom. The number of rotatable bonds is 5. The van der Waals surface area contributed by atoms with E-state index in [2.05, 4.69) is 20.6 Å². The van der Waals surface area contributed by atoms with Crippen molar-refractivity contribution < 1.29 is 19.2 Å². The number of aromatic carboxylic acids is 1. The number of hydrogen-bond donors (Lipinski definition) is 3. The van der Waals surface area contributed by atoms with Crippen molar-refractivity contribution in [1.29, 1.82) is 0 Å². The highest BCUT2D eigenvalue weighted by molar-refractivity contribution is 6.06. The number of carboxylic acid groups (broad SMARTS) is 1. The van der Waals surface area contributed by atoms with Gasteiger partial charge in [0.25, 0.3) is 5.91 Å². The van der Waals surface area contributed by atoms with Crippen molar-refractivity contribution >= 4 is 22.8 Å². The number of hydrogen-bond acceptors (Lipinski definition) is 7. The van der Waals surface area contributed by atoms with Gasteiger partial charge in [0, 0.05) is 35.0 Å². The van der Waals surface area contributed by atoms with Crippen LogP contribution in [0.4, 0.5) is 0 Å². The summed E-state index contributed by atoms with van der Waals surface area (Å²) in [5.41, 5.74) is 7.84. The van der Waals surface area contributed by atoms with Gasteiger partial charge in [-0.3, -0.25) is 15.2 Å². The summed E-state index contributed by atoms with van der Waals surface area (Å²) in [4.78, 5) is 32.0. The maximum atomic E-state index is 12.3. The summed E-state index contributed by atoms with van der Waals surface area (Å²) in [5, 5.41) is 13.4. The summed E-state index contributed by atoms with van der Waals surface area (Å²) < 4.78 is 4.82. The third kappa shape index (κ3) is 3.87. The maximum Gasteiger partial charge on any atom is 0.374 e. The first-order chi connectivity index (χ1) is 16.5. The third-order valence-corrected chi connectivity index (χ3v) is 5.40. The molecule has 0 aliphatic rings. The number of nitrogen functional groups attached to an aromatic ring is 1. The van der Waals surface area contributed by atoms with Crippen LogP contribution in [0.25, 0.3) is 44.5 Å². The lowest BCUT2D eigenvalue weighted by molar-refractivity contribution is 0.0652. The number of hydrazine groups is 1. The molecule has 4 N–H and O–H groups in total. The molecule has 0 unspecified atom stereocenters. The molecule has 0 aliphatic heterocycles. The SMILES string of the molecule is NNC(=O)c1cc(-c2ccc(-c3ccc(-c4cc(C(=O)O)on4)cc3)cc2)nc2ccncc12. The van der Waals surface area contributed by atoms with E-state index in [4.69, 9.17) is 15.5 Å². The van der Waals surface area contributed by atoms with E-state index in [1.807, 2.05) is 48.5 Å². The first-order valence-corrected chi connectivity index (χ1v) is 10.2. The number of benzene rings is 2. The van der Waals surface area contributed by atoms with Gasteiger partial charge in [0.2, 0.25) is 5.76 Å². The average molecular weight is 451 g/mol. The molecule has 5 rings (SSSR count). The molecule has 0 saturated heterocycles. The molecule has 166 valence electrons. The van der Waals surface area contributed by atoms with Crippen LogP contribution in [0.1, 0.15) is 20.9 Å². The van der Waals surface area contributed by atoms with Gasteiger partial charge in [0.05, 0.1) is 16.8 Å². The molecule has 0 fully saturated rings. The fourth-order valence-electron chi connectivity index (χ4n) is 3.66. The van der Waals surface area contributed by atoms with Crippen molar-refractivity contribution in [3.63, 3.8) is 0 Å². The van der Waals surface area contributed by atoms with Crippen LogP contribution in [0.3, 0.4) is 0 Å². The molecule has 2 aromatic carbocycles. The molecule has 0 aliphatic carbocycles. The molecule has 3 heterocycles.